The van der Waals surface area contributed by atoms with E-state index in [0.717, 1.165) is 45.3 Å². The van der Waals surface area contributed by atoms with Gasteiger partial charge in [0, 0.05) is 25.2 Å². The fraction of sp³-hybridized carbons (Fsp3) is 0.929. The second kappa shape index (κ2) is 8.42. The fourth-order valence-electron chi connectivity index (χ4n) is 3.03. The maximum absolute atomic E-state index is 12.4. The first-order valence-electron chi connectivity index (χ1n) is 7.23. The standard InChI is InChI=1S/C14H27N3O.2ClH/c1-11-9-12(5-8-17(11)3)16-13(18)14(2)6-4-7-15-10-14;;/h11-12,15H,4-10H2,1-3H3,(H,16,18);2*1H. The van der Waals surface area contributed by atoms with E-state index >= 15 is 0 Å². The highest BCUT2D eigenvalue weighted by atomic mass is 35.5. The van der Waals surface area contributed by atoms with Crippen LogP contribution in [0.5, 0.6) is 0 Å². The number of nitrogens with one attached hydrogen (secondary N) is 2. The third-order valence-electron chi connectivity index (χ3n) is 4.69. The molecule has 2 aliphatic rings. The number of hydrogen-bond donors (Lipinski definition) is 2. The quantitative estimate of drug-likeness (QED) is 0.814. The third-order valence-corrected chi connectivity index (χ3v) is 4.69. The molecule has 0 aromatic heterocycles. The summed E-state index contributed by atoms with van der Waals surface area (Å²) in [4.78, 5) is 14.8. The van der Waals surface area contributed by atoms with Gasteiger partial charge < -0.3 is 15.5 Å². The van der Waals surface area contributed by atoms with Crippen LogP contribution in [0.1, 0.15) is 39.5 Å². The Morgan fingerprint density at radius 1 is 1.40 bits per heavy atom. The zero-order chi connectivity index (χ0) is 13.2. The van der Waals surface area contributed by atoms with Gasteiger partial charge in [-0.05, 0) is 53.1 Å². The van der Waals surface area contributed by atoms with Gasteiger partial charge in [0.15, 0.2) is 0 Å². The summed E-state index contributed by atoms with van der Waals surface area (Å²) in [6.07, 6.45) is 4.27. The molecule has 20 heavy (non-hydrogen) atoms. The molecule has 4 nitrogen and oxygen atoms in total. The molecule has 3 atom stereocenters. The summed E-state index contributed by atoms with van der Waals surface area (Å²) >= 11 is 0. The molecule has 0 aliphatic carbocycles. The van der Waals surface area contributed by atoms with Crippen molar-refractivity contribution in [3.63, 3.8) is 0 Å². The highest BCUT2D eigenvalue weighted by Gasteiger charge is 2.36. The number of likely N-dealkylation sites (tertiary alicyclic amines) is 1. The van der Waals surface area contributed by atoms with Crippen LogP contribution in [0.2, 0.25) is 0 Å². The van der Waals surface area contributed by atoms with Crippen molar-refractivity contribution >= 4 is 30.7 Å². The molecule has 0 aromatic rings. The largest absolute Gasteiger partial charge is 0.353 e. The van der Waals surface area contributed by atoms with Gasteiger partial charge in [0.05, 0.1) is 5.41 Å². The third kappa shape index (κ3) is 4.76. The van der Waals surface area contributed by atoms with E-state index in [1.165, 1.54) is 0 Å². The van der Waals surface area contributed by atoms with Crippen LogP contribution in [0, 0.1) is 5.41 Å². The van der Waals surface area contributed by atoms with E-state index in [1.54, 1.807) is 0 Å². The second-order valence-corrected chi connectivity index (χ2v) is 6.37. The molecular weight excluding hydrogens is 297 g/mol. The molecule has 2 saturated heterocycles. The molecular formula is C14H29Cl2N3O. The number of amides is 1. The lowest BCUT2D eigenvalue weighted by Gasteiger charge is -2.38. The molecule has 2 rings (SSSR count). The van der Waals surface area contributed by atoms with E-state index in [4.69, 9.17) is 0 Å². The van der Waals surface area contributed by atoms with Crippen LogP contribution in [0.4, 0.5) is 0 Å². The van der Waals surface area contributed by atoms with Crippen LogP contribution in [-0.2, 0) is 4.79 Å². The second-order valence-electron chi connectivity index (χ2n) is 6.37. The highest BCUT2D eigenvalue weighted by molar-refractivity contribution is 5.85. The Morgan fingerprint density at radius 3 is 2.65 bits per heavy atom. The van der Waals surface area contributed by atoms with Crippen molar-refractivity contribution in [3.8, 4) is 0 Å². The minimum atomic E-state index is -0.204. The first-order chi connectivity index (χ1) is 8.51. The van der Waals surface area contributed by atoms with Crippen molar-refractivity contribution in [2.45, 2.75) is 51.6 Å². The Hall–Kier alpha value is -0.0300. The molecule has 1 amide bonds. The number of carbonyl (C=O) groups excluding carboxylic acids is 1. The molecule has 2 fully saturated rings. The number of hydrogen-bond acceptors (Lipinski definition) is 3. The van der Waals surface area contributed by atoms with E-state index in [9.17, 15) is 4.79 Å². The van der Waals surface area contributed by atoms with E-state index in [-0.39, 0.29) is 36.1 Å². The van der Waals surface area contributed by atoms with Crippen LogP contribution in [0.3, 0.4) is 0 Å². The summed E-state index contributed by atoms with van der Waals surface area (Å²) in [5, 5.41) is 6.61. The monoisotopic (exact) mass is 325 g/mol. The van der Waals surface area contributed by atoms with Crippen molar-refractivity contribution < 1.29 is 4.79 Å². The Balaban J connectivity index is 0.00000180. The first kappa shape index (κ1) is 20.0. The Bertz CT molecular complexity index is 309. The number of halogens is 2. The van der Waals surface area contributed by atoms with Crippen LogP contribution in [-0.4, -0.2) is 49.6 Å². The van der Waals surface area contributed by atoms with E-state index in [1.807, 2.05) is 0 Å². The van der Waals surface area contributed by atoms with Crippen LogP contribution in [0.15, 0.2) is 0 Å². The summed E-state index contributed by atoms with van der Waals surface area (Å²) in [6.45, 7) is 7.28. The number of nitrogens with zero attached hydrogens (tertiary/aromatic N) is 1. The number of carbonyl (C=O) groups is 1. The smallest absolute Gasteiger partial charge is 0.227 e. The minimum absolute atomic E-state index is 0. The maximum Gasteiger partial charge on any atom is 0.227 e. The summed E-state index contributed by atoms with van der Waals surface area (Å²) < 4.78 is 0. The minimum Gasteiger partial charge on any atom is -0.353 e. The molecule has 3 unspecified atom stereocenters. The van der Waals surface area contributed by atoms with Crippen molar-refractivity contribution in [2.24, 2.45) is 5.41 Å². The van der Waals surface area contributed by atoms with E-state index < -0.39 is 0 Å². The number of piperidine rings is 2. The lowest BCUT2D eigenvalue weighted by atomic mass is 9.81. The normalized spacial score (nSPS) is 34.5. The van der Waals surface area contributed by atoms with Gasteiger partial charge in [0.2, 0.25) is 5.91 Å². The lowest BCUT2D eigenvalue weighted by Crippen LogP contribution is -2.54. The number of rotatable bonds is 2. The van der Waals surface area contributed by atoms with Gasteiger partial charge in [0.25, 0.3) is 0 Å². The molecule has 2 N–H and O–H groups in total. The topological polar surface area (TPSA) is 44.4 Å². The van der Waals surface area contributed by atoms with Gasteiger partial charge in [-0.1, -0.05) is 0 Å². The van der Waals surface area contributed by atoms with Crippen LogP contribution in [0.25, 0.3) is 0 Å². The summed E-state index contributed by atoms with van der Waals surface area (Å²) in [6, 6.07) is 0.934. The Labute approximate surface area is 135 Å². The molecule has 2 heterocycles. The molecule has 0 spiro atoms. The van der Waals surface area contributed by atoms with Crippen molar-refractivity contribution in [2.75, 3.05) is 26.7 Å². The molecule has 0 aromatic carbocycles. The molecule has 2 aliphatic heterocycles. The zero-order valence-electron chi connectivity index (χ0n) is 12.8. The Kier molecular flexibility index (Phi) is 8.41. The lowest BCUT2D eigenvalue weighted by molar-refractivity contribution is -0.132. The summed E-state index contributed by atoms with van der Waals surface area (Å²) in [5.74, 6) is 0.247. The van der Waals surface area contributed by atoms with Gasteiger partial charge >= 0.3 is 0 Å². The van der Waals surface area contributed by atoms with Gasteiger partial charge in [0.1, 0.15) is 0 Å². The maximum atomic E-state index is 12.4. The fourth-order valence-corrected chi connectivity index (χ4v) is 3.03. The average Bonchev–Trinajstić information content (AvgIpc) is 2.35. The predicted octanol–water partition coefficient (Wildman–Crippen LogP) is 1.82. The van der Waals surface area contributed by atoms with E-state index in [2.05, 4.69) is 36.4 Å². The molecule has 0 saturated carbocycles. The van der Waals surface area contributed by atoms with Crippen LogP contribution >= 0.6 is 24.8 Å². The van der Waals surface area contributed by atoms with Crippen molar-refractivity contribution in [1.29, 1.82) is 0 Å². The highest BCUT2D eigenvalue weighted by Crippen LogP contribution is 2.26. The zero-order valence-corrected chi connectivity index (χ0v) is 14.4. The predicted molar refractivity (Wildman–Crippen MR) is 88.0 cm³/mol. The first-order valence-corrected chi connectivity index (χ1v) is 7.23. The molecule has 120 valence electrons. The van der Waals surface area contributed by atoms with Gasteiger partial charge in [-0.15, -0.1) is 24.8 Å². The van der Waals surface area contributed by atoms with Crippen molar-refractivity contribution in [3.05, 3.63) is 0 Å². The van der Waals surface area contributed by atoms with Gasteiger partial charge in [-0.25, -0.2) is 0 Å². The van der Waals surface area contributed by atoms with Crippen LogP contribution < -0.4 is 10.6 Å². The summed E-state index contributed by atoms with van der Waals surface area (Å²) in [7, 11) is 2.16. The van der Waals surface area contributed by atoms with E-state index in [0.29, 0.717) is 12.1 Å². The average molecular weight is 326 g/mol. The van der Waals surface area contributed by atoms with Gasteiger partial charge in [-0.3, -0.25) is 4.79 Å². The SMILES string of the molecule is CC1CC(NC(=O)C2(C)CCCNC2)CCN1C.Cl.Cl. The van der Waals surface area contributed by atoms with Crippen molar-refractivity contribution in [1.82, 2.24) is 15.5 Å². The molecule has 0 radical (unpaired) electrons. The summed E-state index contributed by atoms with van der Waals surface area (Å²) in [5.41, 5.74) is -0.204. The molecule has 6 heteroatoms. The van der Waals surface area contributed by atoms with Gasteiger partial charge in [-0.2, -0.15) is 0 Å². The molecule has 0 bridgehead atoms. The Morgan fingerprint density at radius 2 is 2.10 bits per heavy atom.